The minimum absolute atomic E-state index is 0.0847. The van der Waals surface area contributed by atoms with E-state index in [9.17, 15) is 14.3 Å². The van der Waals surface area contributed by atoms with Gasteiger partial charge in [0.1, 0.15) is 5.82 Å². The van der Waals surface area contributed by atoms with Crippen LogP contribution in [0.1, 0.15) is 10.4 Å². The number of β-amino-alcohol motifs (C(OH)–C–C–N with tert-alkyl or cyclic N) is 1. The maximum atomic E-state index is 14.3. The van der Waals surface area contributed by atoms with Gasteiger partial charge in [-0.2, -0.15) is 0 Å². The molecule has 142 valence electrons. The molecule has 1 N–H and O–H groups in total. The lowest BCUT2D eigenvalue weighted by Crippen LogP contribution is -2.49. The van der Waals surface area contributed by atoms with Crippen LogP contribution in [0.15, 0.2) is 48.5 Å². The number of likely N-dealkylation sites (tertiary alicyclic amines) is 1. The summed E-state index contributed by atoms with van der Waals surface area (Å²) in [4.78, 5) is 17.0. The number of amides is 1. The first-order valence-corrected chi connectivity index (χ1v) is 9.28. The Morgan fingerprint density at radius 1 is 1.00 bits per heavy atom. The largest absolute Gasteiger partial charge is 0.390 e. The zero-order valence-electron chi connectivity index (χ0n) is 15.1. The molecule has 2 aliphatic heterocycles. The van der Waals surface area contributed by atoms with Crippen LogP contribution in [-0.2, 0) is 4.74 Å². The summed E-state index contributed by atoms with van der Waals surface area (Å²) in [6, 6.07) is 13.4. The zero-order valence-corrected chi connectivity index (χ0v) is 15.1. The van der Waals surface area contributed by atoms with Gasteiger partial charge in [0.15, 0.2) is 0 Å². The van der Waals surface area contributed by atoms with Gasteiger partial charge in [-0.1, -0.05) is 36.4 Å². The molecule has 0 bridgehead atoms. The molecule has 4 rings (SSSR count). The Balaban J connectivity index is 1.58. The van der Waals surface area contributed by atoms with E-state index in [1.807, 2.05) is 0 Å². The van der Waals surface area contributed by atoms with Crippen LogP contribution >= 0.6 is 0 Å². The molecular formula is C21H23FN2O3. The van der Waals surface area contributed by atoms with Gasteiger partial charge in [-0.25, -0.2) is 4.39 Å². The van der Waals surface area contributed by atoms with Crippen LogP contribution < -0.4 is 0 Å². The molecule has 2 heterocycles. The van der Waals surface area contributed by atoms with Crippen LogP contribution in [0.4, 0.5) is 4.39 Å². The van der Waals surface area contributed by atoms with E-state index in [2.05, 4.69) is 4.90 Å². The van der Waals surface area contributed by atoms with Gasteiger partial charge in [0.25, 0.3) is 5.91 Å². The molecule has 2 aliphatic rings. The second-order valence-corrected chi connectivity index (χ2v) is 7.02. The molecule has 5 nitrogen and oxygen atoms in total. The van der Waals surface area contributed by atoms with Gasteiger partial charge in [-0.3, -0.25) is 9.69 Å². The molecule has 1 amide bonds. The van der Waals surface area contributed by atoms with E-state index in [1.165, 1.54) is 6.07 Å². The van der Waals surface area contributed by atoms with Gasteiger partial charge in [0, 0.05) is 37.3 Å². The minimum atomic E-state index is -0.590. The average molecular weight is 370 g/mol. The Bertz CT molecular complexity index is 823. The molecule has 0 saturated carbocycles. The van der Waals surface area contributed by atoms with Crippen molar-refractivity contribution in [1.82, 2.24) is 9.80 Å². The number of halogens is 1. The number of hydrogen-bond acceptors (Lipinski definition) is 4. The highest BCUT2D eigenvalue weighted by molar-refractivity contribution is 6.01. The topological polar surface area (TPSA) is 53.0 Å². The third kappa shape index (κ3) is 3.60. The molecule has 27 heavy (non-hydrogen) atoms. The Labute approximate surface area is 158 Å². The standard InChI is InChI=1S/C21H23FN2O3/c22-18-8-4-3-6-16(18)15-5-1-2-7-17(15)21(26)24-13-19(20(25)14-24)23-9-11-27-12-10-23/h1-8,19-20,25H,9-14H2/t19-,20-/m1/s1. The Morgan fingerprint density at radius 3 is 2.41 bits per heavy atom. The summed E-state index contributed by atoms with van der Waals surface area (Å²) in [6.07, 6.45) is -0.590. The van der Waals surface area contributed by atoms with E-state index in [1.54, 1.807) is 47.4 Å². The van der Waals surface area contributed by atoms with Crippen molar-refractivity contribution in [3.05, 3.63) is 59.9 Å². The van der Waals surface area contributed by atoms with E-state index in [0.29, 0.717) is 36.4 Å². The Morgan fingerprint density at radius 2 is 1.67 bits per heavy atom. The second kappa shape index (κ2) is 7.76. The summed E-state index contributed by atoms with van der Waals surface area (Å²) in [5, 5.41) is 10.5. The SMILES string of the molecule is O=C(c1ccccc1-c1ccccc1F)N1C[C@@H](O)[C@H](N2CCOCC2)C1. The van der Waals surface area contributed by atoms with E-state index in [0.717, 1.165) is 13.1 Å². The fourth-order valence-electron chi connectivity index (χ4n) is 3.96. The van der Waals surface area contributed by atoms with Crippen molar-refractivity contribution in [3.63, 3.8) is 0 Å². The fraction of sp³-hybridized carbons (Fsp3) is 0.381. The number of nitrogens with zero attached hydrogens (tertiary/aromatic N) is 2. The van der Waals surface area contributed by atoms with Gasteiger partial charge >= 0.3 is 0 Å². The predicted octanol–water partition coefficient (Wildman–Crippen LogP) is 2.01. The molecular weight excluding hydrogens is 347 g/mol. The molecule has 6 heteroatoms. The lowest BCUT2D eigenvalue weighted by Gasteiger charge is -2.33. The third-order valence-corrected chi connectivity index (χ3v) is 5.38. The molecule has 2 fully saturated rings. The number of aliphatic hydroxyl groups excluding tert-OH is 1. The number of benzene rings is 2. The third-order valence-electron chi connectivity index (χ3n) is 5.38. The first-order valence-electron chi connectivity index (χ1n) is 9.28. The summed E-state index contributed by atoms with van der Waals surface area (Å²) in [6.45, 7) is 3.56. The minimum Gasteiger partial charge on any atom is -0.390 e. The molecule has 2 aromatic carbocycles. The summed E-state index contributed by atoms with van der Waals surface area (Å²) < 4.78 is 19.7. The number of carbonyl (C=O) groups is 1. The van der Waals surface area contributed by atoms with Gasteiger partial charge < -0.3 is 14.7 Å². The van der Waals surface area contributed by atoms with Crippen LogP contribution in [0.25, 0.3) is 11.1 Å². The number of hydrogen-bond donors (Lipinski definition) is 1. The Kier molecular flexibility index (Phi) is 5.20. The molecule has 0 spiro atoms. The summed E-state index contributed by atoms with van der Waals surface area (Å²) in [5.74, 6) is -0.533. The average Bonchev–Trinajstić information content (AvgIpc) is 3.10. The second-order valence-electron chi connectivity index (χ2n) is 7.02. The smallest absolute Gasteiger partial charge is 0.254 e. The van der Waals surface area contributed by atoms with Crippen LogP contribution in [0.5, 0.6) is 0 Å². The van der Waals surface area contributed by atoms with E-state index in [4.69, 9.17) is 4.74 Å². The van der Waals surface area contributed by atoms with Crippen LogP contribution in [0, 0.1) is 5.82 Å². The number of aliphatic hydroxyl groups is 1. The first kappa shape index (κ1) is 18.1. The molecule has 2 saturated heterocycles. The quantitative estimate of drug-likeness (QED) is 0.898. The van der Waals surface area contributed by atoms with Crippen molar-refractivity contribution in [3.8, 4) is 11.1 Å². The van der Waals surface area contributed by atoms with Gasteiger partial charge in [0.2, 0.25) is 0 Å². The van der Waals surface area contributed by atoms with Gasteiger partial charge in [-0.05, 0) is 17.7 Å². The van der Waals surface area contributed by atoms with E-state index < -0.39 is 6.10 Å². The fourth-order valence-corrected chi connectivity index (χ4v) is 3.96. The molecule has 2 atom stereocenters. The zero-order chi connectivity index (χ0) is 18.8. The highest BCUT2D eigenvalue weighted by atomic mass is 19.1. The number of ether oxygens (including phenoxy) is 1. The van der Waals surface area contributed by atoms with Gasteiger partial charge in [0.05, 0.1) is 25.4 Å². The van der Waals surface area contributed by atoms with Crippen LogP contribution in [0.2, 0.25) is 0 Å². The molecule has 2 aromatic rings. The molecule has 0 aliphatic carbocycles. The maximum absolute atomic E-state index is 14.3. The summed E-state index contributed by atoms with van der Waals surface area (Å²) in [7, 11) is 0. The Hall–Kier alpha value is -2.28. The summed E-state index contributed by atoms with van der Waals surface area (Å²) >= 11 is 0. The van der Waals surface area contributed by atoms with E-state index >= 15 is 0 Å². The number of morpholine rings is 1. The van der Waals surface area contributed by atoms with Crippen LogP contribution in [-0.4, -0.2) is 72.4 Å². The van der Waals surface area contributed by atoms with E-state index in [-0.39, 0.29) is 24.3 Å². The van der Waals surface area contributed by atoms with Crippen molar-refractivity contribution >= 4 is 5.91 Å². The van der Waals surface area contributed by atoms with Gasteiger partial charge in [-0.15, -0.1) is 0 Å². The highest BCUT2D eigenvalue weighted by Gasteiger charge is 2.38. The molecule has 0 unspecified atom stereocenters. The van der Waals surface area contributed by atoms with Crippen molar-refractivity contribution in [2.75, 3.05) is 39.4 Å². The van der Waals surface area contributed by atoms with Crippen LogP contribution in [0.3, 0.4) is 0 Å². The summed E-state index contributed by atoms with van der Waals surface area (Å²) in [5.41, 5.74) is 1.44. The number of carbonyl (C=O) groups excluding carboxylic acids is 1. The molecule has 0 aromatic heterocycles. The first-order chi connectivity index (χ1) is 13.1. The monoisotopic (exact) mass is 370 g/mol. The van der Waals surface area contributed by atoms with Crippen molar-refractivity contribution in [2.24, 2.45) is 0 Å². The van der Waals surface area contributed by atoms with Crippen molar-refractivity contribution in [1.29, 1.82) is 0 Å². The maximum Gasteiger partial charge on any atom is 0.254 e. The predicted molar refractivity (Wildman–Crippen MR) is 99.9 cm³/mol. The number of rotatable bonds is 3. The van der Waals surface area contributed by atoms with Crippen molar-refractivity contribution < 1.29 is 19.0 Å². The molecule has 0 radical (unpaired) electrons. The lowest BCUT2D eigenvalue weighted by molar-refractivity contribution is -0.00611. The van der Waals surface area contributed by atoms with Crippen molar-refractivity contribution in [2.45, 2.75) is 12.1 Å². The normalized spacial score (nSPS) is 23.6. The highest BCUT2D eigenvalue weighted by Crippen LogP contribution is 2.28. The lowest BCUT2D eigenvalue weighted by atomic mass is 9.98.